The maximum absolute atomic E-state index is 12.2. The van der Waals surface area contributed by atoms with E-state index in [9.17, 15) is 13.2 Å². The molecule has 0 spiro atoms. The van der Waals surface area contributed by atoms with Gasteiger partial charge in [0.15, 0.2) is 0 Å². The Morgan fingerprint density at radius 3 is 2.81 bits per heavy atom. The number of pyridine rings is 1. The van der Waals surface area contributed by atoms with E-state index in [-0.39, 0.29) is 10.6 Å². The van der Waals surface area contributed by atoms with Gasteiger partial charge < -0.3 is 5.11 Å². The van der Waals surface area contributed by atoms with Crippen molar-refractivity contribution in [1.29, 1.82) is 0 Å². The summed E-state index contributed by atoms with van der Waals surface area (Å²) in [4.78, 5) is 15.1. The zero-order valence-electron chi connectivity index (χ0n) is 10.8. The van der Waals surface area contributed by atoms with Crippen molar-refractivity contribution in [2.75, 3.05) is 4.72 Å². The molecule has 21 heavy (non-hydrogen) atoms. The Morgan fingerprint density at radius 1 is 1.48 bits per heavy atom. The quantitative estimate of drug-likeness (QED) is 0.764. The fraction of sp³-hybridized carbons (Fsp3) is 0.167. The fourth-order valence-corrected chi connectivity index (χ4v) is 4.16. The summed E-state index contributed by atoms with van der Waals surface area (Å²) in [5.74, 6) is -0.999. The van der Waals surface area contributed by atoms with E-state index in [1.807, 2.05) is 0 Å². The summed E-state index contributed by atoms with van der Waals surface area (Å²) in [6, 6.07) is 4.54. The van der Waals surface area contributed by atoms with E-state index in [0.717, 1.165) is 16.9 Å². The number of carbonyl (C=O) groups is 1. The first-order valence-corrected chi connectivity index (χ1v) is 8.82. The van der Waals surface area contributed by atoms with Crippen LogP contribution in [0.15, 0.2) is 33.2 Å². The molecule has 2 aromatic heterocycles. The summed E-state index contributed by atoms with van der Waals surface area (Å²) in [7, 11) is -3.74. The highest BCUT2D eigenvalue weighted by Gasteiger charge is 2.18. The second-order valence-electron chi connectivity index (χ2n) is 4.23. The molecule has 0 unspecified atom stereocenters. The van der Waals surface area contributed by atoms with E-state index >= 15 is 0 Å². The SMILES string of the molecule is Cc1cc(NS(=O)(=O)c2ccc(CC(=O)O)s2)cnc1Br. The smallest absolute Gasteiger partial charge is 0.308 e. The molecule has 0 aromatic carbocycles. The molecule has 2 N–H and O–H groups in total. The molecule has 0 saturated carbocycles. The first-order valence-electron chi connectivity index (χ1n) is 5.73. The van der Waals surface area contributed by atoms with Gasteiger partial charge in [-0.2, -0.15) is 0 Å². The minimum absolute atomic E-state index is 0.0688. The van der Waals surface area contributed by atoms with Gasteiger partial charge in [0.2, 0.25) is 0 Å². The van der Waals surface area contributed by atoms with Crippen LogP contribution in [0.1, 0.15) is 10.4 Å². The van der Waals surface area contributed by atoms with Crippen LogP contribution in [0.5, 0.6) is 0 Å². The van der Waals surface area contributed by atoms with E-state index in [0.29, 0.717) is 15.2 Å². The zero-order valence-corrected chi connectivity index (χ0v) is 14.0. The van der Waals surface area contributed by atoms with Gasteiger partial charge in [-0.25, -0.2) is 13.4 Å². The number of anilines is 1. The summed E-state index contributed by atoms with van der Waals surface area (Å²) in [6.07, 6.45) is 1.21. The molecule has 0 bridgehead atoms. The number of carboxylic acid groups (broad SMARTS) is 1. The third-order valence-corrected chi connectivity index (χ3v) is 6.28. The lowest BCUT2D eigenvalue weighted by molar-refractivity contribution is -0.136. The van der Waals surface area contributed by atoms with Crippen LogP contribution in [0, 0.1) is 6.92 Å². The van der Waals surface area contributed by atoms with Crippen LogP contribution in [-0.4, -0.2) is 24.5 Å². The van der Waals surface area contributed by atoms with Crippen LogP contribution >= 0.6 is 27.3 Å². The number of hydrogen-bond acceptors (Lipinski definition) is 5. The molecular weight excluding hydrogens is 380 g/mol. The van der Waals surface area contributed by atoms with Crippen LogP contribution < -0.4 is 4.72 Å². The Morgan fingerprint density at radius 2 is 2.19 bits per heavy atom. The number of rotatable bonds is 5. The first-order chi connectivity index (χ1) is 9.78. The van der Waals surface area contributed by atoms with Gasteiger partial charge in [0.25, 0.3) is 10.0 Å². The molecule has 2 heterocycles. The number of aliphatic carboxylic acids is 1. The number of nitrogens with zero attached hydrogens (tertiary/aromatic N) is 1. The molecule has 0 saturated heterocycles. The summed E-state index contributed by atoms with van der Waals surface area (Å²) < 4.78 is 27.6. The zero-order chi connectivity index (χ0) is 15.6. The molecule has 9 heteroatoms. The van der Waals surface area contributed by atoms with E-state index in [4.69, 9.17) is 5.11 Å². The van der Waals surface area contributed by atoms with Gasteiger partial charge >= 0.3 is 5.97 Å². The number of sulfonamides is 1. The topological polar surface area (TPSA) is 96.4 Å². The van der Waals surface area contributed by atoms with E-state index in [1.165, 1.54) is 18.3 Å². The number of aromatic nitrogens is 1. The van der Waals surface area contributed by atoms with Crippen molar-refractivity contribution in [3.05, 3.63) is 39.4 Å². The Hall–Kier alpha value is -1.45. The number of thiophene rings is 1. The van der Waals surface area contributed by atoms with Crippen LogP contribution in [0.2, 0.25) is 0 Å². The second-order valence-corrected chi connectivity index (χ2v) is 8.06. The maximum Gasteiger partial charge on any atom is 0.308 e. The Balaban J connectivity index is 2.23. The number of hydrogen-bond donors (Lipinski definition) is 2. The van der Waals surface area contributed by atoms with Crippen LogP contribution in [0.25, 0.3) is 0 Å². The summed E-state index contributed by atoms with van der Waals surface area (Å²) in [5.41, 5.74) is 1.15. The highest BCUT2D eigenvalue weighted by atomic mass is 79.9. The van der Waals surface area contributed by atoms with Crippen LogP contribution in [-0.2, 0) is 21.2 Å². The second kappa shape index (κ2) is 6.12. The largest absolute Gasteiger partial charge is 0.481 e. The third kappa shape index (κ3) is 4.02. The number of carboxylic acids is 1. The van der Waals surface area contributed by atoms with Crippen molar-refractivity contribution >= 4 is 48.9 Å². The van der Waals surface area contributed by atoms with E-state index in [2.05, 4.69) is 25.6 Å². The number of nitrogens with one attached hydrogen (secondary N) is 1. The van der Waals surface area contributed by atoms with Gasteiger partial charge in [0.1, 0.15) is 8.81 Å². The average molecular weight is 391 g/mol. The lowest BCUT2D eigenvalue weighted by Gasteiger charge is -2.07. The van der Waals surface area contributed by atoms with E-state index < -0.39 is 16.0 Å². The Bertz CT molecular complexity index is 786. The minimum Gasteiger partial charge on any atom is -0.481 e. The molecule has 0 radical (unpaired) electrons. The predicted molar refractivity (Wildman–Crippen MR) is 83.1 cm³/mol. The van der Waals surface area contributed by atoms with Crippen LogP contribution in [0.4, 0.5) is 5.69 Å². The molecule has 0 amide bonds. The molecule has 0 aliphatic carbocycles. The average Bonchev–Trinajstić information content (AvgIpc) is 2.82. The summed E-state index contributed by atoms with van der Waals surface area (Å²) >= 11 is 4.17. The molecule has 2 aromatic rings. The highest BCUT2D eigenvalue weighted by molar-refractivity contribution is 9.10. The molecule has 0 atom stereocenters. The van der Waals surface area contributed by atoms with Crippen molar-refractivity contribution < 1.29 is 18.3 Å². The van der Waals surface area contributed by atoms with E-state index in [1.54, 1.807) is 13.0 Å². The van der Waals surface area contributed by atoms with Crippen molar-refractivity contribution in [2.45, 2.75) is 17.6 Å². The van der Waals surface area contributed by atoms with Crippen molar-refractivity contribution in [3.8, 4) is 0 Å². The predicted octanol–water partition coefficient (Wildman–Crippen LogP) is 2.64. The number of aryl methyl sites for hydroxylation is 1. The molecule has 0 aliphatic rings. The Labute approximate surface area is 134 Å². The summed E-state index contributed by atoms with van der Waals surface area (Å²) in [5, 5.41) is 8.70. The lowest BCUT2D eigenvalue weighted by atomic mass is 10.3. The number of halogens is 1. The molecule has 6 nitrogen and oxygen atoms in total. The van der Waals surface area contributed by atoms with Crippen LogP contribution in [0.3, 0.4) is 0 Å². The minimum atomic E-state index is -3.74. The van der Waals surface area contributed by atoms with Gasteiger partial charge in [0.05, 0.1) is 18.3 Å². The molecule has 2 rings (SSSR count). The fourth-order valence-electron chi connectivity index (χ4n) is 1.57. The highest BCUT2D eigenvalue weighted by Crippen LogP contribution is 2.25. The molecule has 0 fully saturated rings. The van der Waals surface area contributed by atoms with Gasteiger partial charge in [-0.3, -0.25) is 9.52 Å². The Kier molecular flexibility index (Phi) is 4.64. The molecule has 112 valence electrons. The van der Waals surface area contributed by atoms with Gasteiger partial charge in [-0.15, -0.1) is 11.3 Å². The molecule has 0 aliphatic heterocycles. The first kappa shape index (κ1) is 15.9. The molecular formula is C12H11BrN2O4S2. The standard InChI is InChI=1S/C12H11BrN2O4S2/c1-7-4-8(6-14-12(7)13)15-21(18,19)11-3-2-9(20-11)5-10(16)17/h2-4,6,15H,5H2,1H3,(H,16,17). The normalized spacial score (nSPS) is 11.3. The van der Waals surface area contributed by atoms with Crippen molar-refractivity contribution in [3.63, 3.8) is 0 Å². The van der Waals surface area contributed by atoms with Crippen molar-refractivity contribution in [2.24, 2.45) is 0 Å². The lowest BCUT2D eigenvalue weighted by Crippen LogP contribution is -2.11. The monoisotopic (exact) mass is 390 g/mol. The maximum atomic E-state index is 12.2. The van der Waals surface area contributed by atoms with Gasteiger partial charge in [0, 0.05) is 4.88 Å². The van der Waals surface area contributed by atoms with Gasteiger partial charge in [-0.05, 0) is 46.6 Å². The summed E-state index contributed by atoms with van der Waals surface area (Å²) in [6.45, 7) is 1.80. The third-order valence-electron chi connectivity index (χ3n) is 2.49. The van der Waals surface area contributed by atoms with Crippen molar-refractivity contribution in [1.82, 2.24) is 4.98 Å². The van der Waals surface area contributed by atoms with Gasteiger partial charge in [-0.1, -0.05) is 0 Å².